The summed E-state index contributed by atoms with van der Waals surface area (Å²) in [4.78, 5) is 0. The first-order chi connectivity index (χ1) is 14.0. The van der Waals surface area contributed by atoms with E-state index < -0.39 is 17.3 Å². The topological polar surface area (TPSA) is 123 Å². The monoisotopic (exact) mass is 390 g/mol. The molecule has 2 aliphatic carbocycles. The van der Waals surface area contributed by atoms with Crippen molar-refractivity contribution in [2.45, 2.75) is 25.2 Å². The van der Waals surface area contributed by atoms with Crippen LogP contribution in [0.5, 0.6) is 17.2 Å². The van der Waals surface area contributed by atoms with Crippen LogP contribution in [0.1, 0.15) is 30.7 Å². The van der Waals surface area contributed by atoms with Gasteiger partial charge < -0.3 is 19.6 Å². The van der Waals surface area contributed by atoms with Crippen LogP contribution in [0.15, 0.2) is 23.8 Å². The van der Waals surface area contributed by atoms with Crippen LogP contribution < -0.4 is 14.2 Å². The molecule has 7 heteroatoms. The van der Waals surface area contributed by atoms with E-state index in [0.29, 0.717) is 22.8 Å². The summed E-state index contributed by atoms with van der Waals surface area (Å²) < 4.78 is 16.3. The molecule has 0 unspecified atom stereocenters. The van der Waals surface area contributed by atoms with Gasteiger partial charge in [0.15, 0.2) is 16.9 Å². The van der Waals surface area contributed by atoms with E-state index in [1.165, 1.54) is 21.3 Å². The predicted octanol–water partition coefficient (Wildman–Crippen LogP) is 3.73. The Hall–Kier alpha value is -3.50. The Kier molecular flexibility index (Phi) is 5.48. The molecule has 0 aromatic heterocycles. The van der Waals surface area contributed by atoms with E-state index in [1.807, 2.05) is 6.08 Å². The molecule has 0 spiro atoms. The van der Waals surface area contributed by atoms with Gasteiger partial charge in [-0.15, -0.1) is 0 Å². The number of hydrogen-bond acceptors (Lipinski definition) is 7. The van der Waals surface area contributed by atoms with E-state index in [1.54, 1.807) is 12.1 Å². The Morgan fingerprint density at radius 3 is 2.14 bits per heavy atom. The molecular weight excluding hydrogens is 368 g/mol. The molecule has 7 nitrogen and oxygen atoms in total. The largest absolute Gasteiger partial charge is 0.493 e. The molecule has 3 atom stereocenters. The maximum atomic E-state index is 10.1. The quantitative estimate of drug-likeness (QED) is 0.781. The van der Waals surface area contributed by atoms with Crippen molar-refractivity contribution in [3.63, 3.8) is 0 Å². The van der Waals surface area contributed by atoms with E-state index in [0.717, 1.165) is 24.8 Å². The van der Waals surface area contributed by atoms with E-state index in [4.69, 9.17) is 19.6 Å². The van der Waals surface area contributed by atoms with Crippen LogP contribution in [-0.4, -0.2) is 27.0 Å². The number of hydrogen-bond donors (Lipinski definition) is 1. The summed E-state index contributed by atoms with van der Waals surface area (Å²) in [5.41, 5.74) is -0.414. The Balaban J connectivity index is 2.31. The average Bonchev–Trinajstić information content (AvgIpc) is 2.77. The number of ether oxygens (including phenoxy) is 3. The number of nitrogens with zero attached hydrogens (tertiary/aromatic N) is 3. The molecule has 1 aromatic rings. The fraction of sp³-hybridized carbons (Fsp3) is 0.455. The van der Waals surface area contributed by atoms with Gasteiger partial charge >= 0.3 is 0 Å². The highest BCUT2D eigenvalue weighted by atomic mass is 16.5. The minimum atomic E-state index is -1.75. The fourth-order valence-electron chi connectivity index (χ4n) is 4.67. The molecule has 29 heavy (non-hydrogen) atoms. The van der Waals surface area contributed by atoms with Gasteiger partial charge in [0.1, 0.15) is 5.92 Å². The number of benzene rings is 1. The van der Waals surface area contributed by atoms with Crippen LogP contribution in [0.2, 0.25) is 0 Å². The maximum Gasteiger partial charge on any atom is 0.203 e. The van der Waals surface area contributed by atoms with Crippen LogP contribution in [0.4, 0.5) is 0 Å². The van der Waals surface area contributed by atoms with Crippen LogP contribution in [-0.2, 0) is 0 Å². The molecule has 148 valence electrons. The number of nitrogens with one attached hydrogen (secondary N) is 1. The molecule has 0 heterocycles. The maximum absolute atomic E-state index is 10.1. The van der Waals surface area contributed by atoms with Crippen LogP contribution in [0, 0.1) is 56.7 Å². The Morgan fingerprint density at radius 1 is 1.03 bits per heavy atom. The summed E-state index contributed by atoms with van der Waals surface area (Å²) in [6.45, 7) is 0. The molecule has 1 fully saturated rings. The van der Waals surface area contributed by atoms with Crippen LogP contribution in [0.3, 0.4) is 0 Å². The van der Waals surface area contributed by atoms with E-state index >= 15 is 0 Å². The van der Waals surface area contributed by atoms with Crippen molar-refractivity contribution < 1.29 is 14.2 Å². The molecule has 1 saturated carbocycles. The van der Waals surface area contributed by atoms with Crippen molar-refractivity contribution in [2.75, 3.05) is 21.3 Å². The second-order valence-electron chi connectivity index (χ2n) is 7.19. The molecule has 0 radical (unpaired) electrons. The van der Waals surface area contributed by atoms with E-state index in [2.05, 4.69) is 18.2 Å². The second kappa shape index (κ2) is 7.86. The van der Waals surface area contributed by atoms with Gasteiger partial charge in [0.25, 0.3) is 0 Å². The number of methoxy groups -OCH3 is 3. The molecular formula is C22H22N4O3. The summed E-state index contributed by atoms with van der Waals surface area (Å²) >= 11 is 0. The van der Waals surface area contributed by atoms with E-state index in [-0.39, 0.29) is 11.6 Å². The molecule has 0 bridgehead atoms. The summed E-state index contributed by atoms with van der Waals surface area (Å²) in [6.07, 6.45) is 4.46. The molecule has 3 rings (SSSR count). The zero-order valence-corrected chi connectivity index (χ0v) is 16.7. The predicted molar refractivity (Wildman–Crippen MR) is 105 cm³/mol. The number of rotatable bonds is 4. The zero-order chi connectivity index (χ0) is 21.2. The third-order valence-corrected chi connectivity index (χ3v) is 5.97. The lowest BCUT2D eigenvalue weighted by molar-refractivity contribution is 0.307. The summed E-state index contributed by atoms with van der Waals surface area (Å²) in [5.74, 6) is -0.403. The van der Waals surface area contributed by atoms with Crippen molar-refractivity contribution in [1.29, 1.82) is 21.2 Å². The lowest BCUT2D eigenvalue weighted by Gasteiger charge is -2.45. The minimum Gasteiger partial charge on any atom is -0.493 e. The number of nitriles is 3. The lowest BCUT2D eigenvalue weighted by atomic mass is 9.53. The van der Waals surface area contributed by atoms with Gasteiger partial charge in [-0.1, -0.05) is 6.08 Å². The molecule has 0 amide bonds. The fourth-order valence-corrected chi connectivity index (χ4v) is 4.67. The van der Waals surface area contributed by atoms with Gasteiger partial charge in [-0.2, -0.15) is 15.8 Å². The molecule has 1 N–H and O–H groups in total. The number of allylic oxidation sites excluding steroid dienone is 2. The Morgan fingerprint density at radius 2 is 1.66 bits per heavy atom. The standard InChI is InChI=1S/C22H22N4O3/c1-27-17-8-13(9-18(28-2)20(17)29-3)19-15-7-5-4-6-14(15)16(10-23)21(26)22(19,11-24)12-25/h6,8-9,15-16,19,26H,4-5,7H2,1-3H3/t15-,16+,19-/m0/s1. The summed E-state index contributed by atoms with van der Waals surface area (Å²) in [6, 6.07) is 9.80. The summed E-state index contributed by atoms with van der Waals surface area (Å²) in [7, 11) is 4.51. The molecule has 2 aliphatic rings. The van der Waals surface area contributed by atoms with Gasteiger partial charge in [-0.05, 0) is 48.4 Å². The van der Waals surface area contributed by atoms with Gasteiger partial charge in [-0.25, -0.2) is 0 Å². The average molecular weight is 390 g/mol. The van der Waals surface area contributed by atoms with Crippen LogP contribution in [0.25, 0.3) is 0 Å². The number of fused-ring (bicyclic) bond motifs is 1. The summed E-state index contributed by atoms with van der Waals surface area (Å²) in [5, 5.41) is 38.5. The van der Waals surface area contributed by atoms with Gasteiger partial charge in [0, 0.05) is 5.92 Å². The van der Waals surface area contributed by atoms with Crippen molar-refractivity contribution in [3.05, 3.63) is 29.3 Å². The lowest BCUT2D eigenvalue weighted by Crippen LogP contribution is -2.48. The van der Waals surface area contributed by atoms with Crippen molar-refractivity contribution in [3.8, 4) is 35.5 Å². The van der Waals surface area contributed by atoms with Gasteiger partial charge in [0.05, 0.1) is 45.2 Å². The van der Waals surface area contributed by atoms with Crippen molar-refractivity contribution >= 4 is 5.71 Å². The van der Waals surface area contributed by atoms with E-state index in [9.17, 15) is 15.8 Å². The normalized spacial score (nSPS) is 24.8. The van der Waals surface area contributed by atoms with Crippen molar-refractivity contribution in [2.24, 2.45) is 17.3 Å². The van der Waals surface area contributed by atoms with Gasteiger partial charge in [-0.3, -0.25) is 0 Å². The third-order valence-electron chi connectivity index (χ3n) is 5.97. The molecule has 1 aromatic carbocycles. The highest BCUT2D eigenvalue weighted by Crippen LogP contribution is 2.56. The SMILES string of the molecule is COc1cc([C@H]2[C@H]3CCCC=C3[C@@H](C#N)C(=N)C2(C#N)C#N)cc(OC)c1OC. The first-order valence-electron chi connectivity index (χ1n) is 9.33. The third kappa shape index (κ3) is 2.89. The molecule has 0 saturated heterocycles. The van der Waals surface area contributed by atoms with Crippen molar-refractivity contribution in [1.82, 2.24) is 0 Å². The molecule has 0 aliphatic heterocycles. The smallest absolute Gasteiger partial charge is 0.203 e. The second-order valence-corrected chi connectivity index (χ2v) is 7.19. The van der Waals surface area contributed by atoms with Crippen LogP contribution >= 0.6 is 0 Å². The minimum absolute atomic E-state index is 0.159. The highest BCUT2D eigenvalue weighted by molar-refractivity contribution is 6.00. The first kappa shape index (κ1) is 20.2. The van der Waals surface area contributed by atoms with Gasteiger partial charge in [0.2, 0.25) is 5.75 Å². The zero-order valence-electron chi connectivity index (χ0n) is 16.7. The first-order valence-corrected chi connectivity index (χ1v) is 9.33. The highest BCUT2D eigenvalue weighted by Gasteiger charge is 2.57. The Labute approximate surface area is 170 Å². The Bertz CT molecular complexity index is 954.